The number of halogens is 1. The van der Waals surface area contributed by atoms with Crippen molar-refractivity contribution in [2.45, 2.75) is 6.92 Å². The smallest absolute Gasteiger partial charge is 0.277 e. The number of hydrazone groups is 1. The van der Waals surface area contributed by atoms with Gasteiger partial charge in [0.1, 0.15) is 5.75 Å². The van der Waals surface area contributed by atoms with Crippen LogP contribution in [0.4, 0.5) is 0 Å². The predicted molar refractivity (Wildman–Crippen MR) is 109 cm³/mol. The Morgan fingerprint density at radius 2 is 1.56 bits per heavy atom. The molecule has 0 unspecified atom stereocenters. The van der Waals surface area contributed by atoms with Crippen molar-refractivity contribution in [2.24, 2.45) is 5.10 Å². The largest absolute Gasteiger partial charge is 0.484 e. The van der Waals surface area contributed by atoms with Crippen LogP contribution in [-0.4, -0.2) is 18.2 Å². The molecule has 0 aliphatic rings. The van der Waals surface area contributed by atoms with Crippen molar-refractivity contribution in [3.8, 4) is 16.9 Å². The van der Waals surface area contributed by atoms with E-state index in [1.54, 1.807) is 24.3 Å². The van der Waals surface area contributed by atoms with Crippen LogP contribution in [0.1, 0.15) is 12.5 Å². The van der Waals surface area contributed by atoms with Gasteiger partial charge < -0.3 is 4.74 Å². The number of benzene rings is 3. The summed E-state index contributed by atoms with van der Waals surface area (Å²) in [6.07, 6.45) is 0. The molecular formula is C22H19ClN2O2. The molecule has 0 aromatic heterocycles. The molecule has 0 radical (unpaired) electrons. The van der Waals surface area contributed by atoms with Gasteiger partial charge in [0.15, 0.2) is 6.61 Å². The van der Waals surface area contributed by atoms with Gasteiger partial charge in [0.2, 0.25) is 0 Å². The molecule has 0 bridgehead atoms. The highest BCUT2D eigenvalue weighted by Crippen LogP contribution is 2.19. The number of hydrogen-bond acceptors (Lipinski definition) is 3. The zero-order valence-corrected chi connectivity index (χ0v) is 15.6. The Morgan fingerprint density at radius 1 is 0.926 bits per heavy atom. The lowest BCUT2D eigenvalue weighted by atomic mass is 10.0. The third-order valence-electron chi connectivity index (χ3n) is 3.94. The molecule has 1 N–H and O–H groups in total. The van der Waals surface area contributed by atoms with Crippen LogP contribution < -0.4 is 10.2 Å². The Bertz CT molecular complexity index is 921. The molecule has 0 aliphatic heterocycles. The number of carbonyl (C=O) groups is 1. The summed E-state index contributed by atoms with van der Waals surface area (Å²) in [4.78, 5) is 11.9. The second-order valence-electron chi connectivity index (χ2n) is 5.92. The second-order valence-corrected chi connectivity index (χ2v) is 6.35. The molecule has 0 aliphatic carbocycles. The zero-order chi connectivity index (χ0) is 19.1. The summed E-state index contributed by atoms with van der Waals surface area (Å²) in [6.45, 7) is 1.73. The van der Waals surface area contributed by atoms with Gasteiger partial charge in [-0.1, -0.05) is 66.2 Å². The van der Waals surface area contributed by atoms with Crippen LogP contribution in [0.2, 0.25) is 5.02 Å². The standard InChI is InChI=1S/C22H19ClN2O2/c1-16(17-7-9-19(10-8-17)18-5-3-2-4-6-18)24-25-22(26)15-27-21-13-11-20(23)12-14-21/h2-14H,15H2,1H3,(H,25,26)/b24-16-. The monoisotopic (exact) mass is 378 g/mol. The van der Waals surface area contributed by atoms with E-state index in [0.717, 1.165) is 22.4 Å². The summed E-state index contributed by atoms with van der Waals surface area (Å²) in [7, 11) is 0. The maximum Gasteiger partial charge on any atom is 0.277 e. The van der Waals surface area contributed by atoms with E-state index < -0.39 is 0 Å². The summed E-state index contributed by atoms with van der Waals surface area (Å²) in [5, 5.41) is 4.76. The fraction of sp³-hybridized carbons (Fsp3) is 0.0909. The molecule has 0 atom stereocenters. The van der Waals surface area contributed by atoms with Crippen LogP contribution in [0, 0.1) is 0 Å². The Labute approximate surface area is 163 Å². The Morgan fingerprint density at radius 3 is 2.22 bits per heavy atom. The van der Waals surface area contributed by atoms with E-state index in [1.165, 1.54) is 0 Å². The number of nitrogens with one attached hydrogen (secondary N) is 1. The molecule has 5 heteroatoms. The van der Waals surface area contributed by atoms with Gasteiger partial charge in [0, 0.05) is 5.02 Å². The van der Waals surface area contributed by atoms with Gasteiger partial charge in [-0.05, 0) is 47.9 Å². The summed E-state index contributed by atoms with van der Waals surface area (Å²) in [6, 6.07) is 25.0. The molecule has 0 saturated heterocycles. The molecule has 3 aromatic rings. The lowest BCUT2D eigenvalue weighted by molar-refractivity contribution is -0.123. The molecule has 4 nitrogen and oxygen atoms in total. The first kappa shape index (κ1) is 18.7. The zero-order valence-electron chi connectivity index (χ0n) is 14.9. The lowest BCUT2D eigenvalue weighted by Gasteiger charge is -2.07. The van der Waals surface area contributed by atoms with Crippen LogP contribution in [0.5, 0.6) is 5.75 Å². The maximum atomic E-state index is 11.9. The van der Waals surface area contributed by atoms with Crippen molar-refractivity contribution in [2.75, 3.05) is 6.61 Å². The van der Waals surface area contributed by atoms with Crippen molar-refractivity contribution in [1.29, 1.82) is 0 Å². The van der Waals surface area contributed by atoms with E-state index in [1.807, 2.05) is 49.4 Å². The Kier molecular flexibility index (Phi) is 6.23. The summed E-state index contributed by atoms with van der Waals surface area (Å²) < 4.78 is 5.39. The highest BCUT2D eigenvalue weighted by molar-refractivity contribution is 6.30. The minimum atomic E-state index is -0.329. The highest BCUT2D eigenvalue weighted by atomic mass is 35.5. The molecule has 0 spiro atoms. The SMILES string of the molecule is C/C(=N/NC(=O)COc1ccc(Cl)cc1)c1ccc(-c2ccccc2)cc1. The Hall–Kier alpha value is -3.11. The number of carbonyl (C=O) groups excluding carboxylic acids is 1. The van der Waals surface area contributed by atoms with Crippen molar-refractivity contribution in [3.05, 3.63) is 89.4 Å². The van der Waals surface area contributed by atoms with Gasteiger partial charge in [-0.25, -0.2) is 5.43 Å². The van der Waals surface area contributed by atoms with E-state index in [-0.39, 0.29) is 12.5 Å². The van der Waals surface area contributed by atoms with Crippen LogP contribution in [0.3, 0.4) is 0 Å². The van der Waals surface area contributed by atoms with E-state index in [9.17, 15) is 4.79 Å². The molecule has 0 saturated carbocycles. The van der Waals surface area contributed by atoms with Crippen LogP contribution in [0.15, 0.2) is 84.0 Å². The van der Waals surface area contributed by atoms with Crippen LogP contribution in [-0.2, 0) is 4.79 Å². The van der Waals surface area contributed by atoms with E-state index >= 15 is 0 Å². The van der Waals surface area contributed by atoms with Gasteiger partial charge in [0.05, 0.1) is 5.71 Å². The average Bonchev–Trinajstić information content (AvgIpc) is 2.72. The van der Waals surface area contributed by atoms with Gasteiger partial charge in [-0.2, -0.15) is 5.10 Å². The van der Waals surface area contributed by atoms with E-state index in [4.69, 9.17) is 16.3 Å². The summed E-state index contributed by atoms with van der Waals surface area (Å²) in [5.41, 5.74) is 6.45. The fourth-order valence-corrected chi connectivity index (χ4v) is 2.58. The van der Waals surface area contributed by atoms with Crippen molar-refractivity contribution >= 4 is 23.2 Å². The van der Waals surface area contributed by atoms with Crippen molar-refractivity contribution < 1.29 is 9.53 Å². The quantitative estimate of drug-likeness (QED) is 0.488. The number of nitrogens with zero attached hydrogens (tertiary/aromatic N) is 1. The Balaban J connectivity index is 1.55. The van der Waals surface area contributed by atoms with E-state index in [0.29, 0.717) is 10.8 Å². The normalized spacial score (nSPS) is 11.1. The molecule has 0 heterocycles. The maximum absolute atomic E-state index is 11.9. The molecule has 27 heavy (non-hydrogen) atoms. The third-order valence-corrected chi connectivity index (χ3v) is 4.19. The van der Waals surface area contributed by atoms with E-state index in [2.05, 4.69) is 22.7 Å². The number of hydrogen-bond donors (Lipinski definition) is 1. The van der Waals surface area contributed by atoms with Gasteiger partial charge in [-0.3, -0.25) is 4.79 Å². The number of rotatable bonds is 6. The molecule has 3 aromatic carbocycles. The third kappa shape index (κ3) is 5.43. The fourth-order valence-electron chi connectivity index (χ4n) is 2.46. The molecule has 0 fully saturated rings. The molecule has 3 rings (SSSR count). The number of ether oxygens (including phenoxy) is 1. The highest BCUT2D eigenvalue weighted by Gasteiger charge is 2.04. The van der Waals surface area contributed by atoms with Crippen molar-refractivity contribution in [3.63, 3.8) is 0 Å². The van der Waals surface area contributed by atoms with Crippen LogP contribution in [0.25, 0.3) is 11.1 Å². The summed E-state index contributed by atoms with van der Waals surface area (Å²) in [5.74, 6) is 0.247. The minimum Gasteiger partial charge on any atom is -0.484 e. The first-order valence-corrected chi connectivity index (χ1v) is 8.87. The molecular weight excluding hydrogens is 360 g/mol. The van der Waals surface area contributed by atoms with Crippen LogP contribution >= 0.6 is 11.6 Å². The molecule has 136 valence electrons. The topological polar surface area (TPSA) is 50.7 Å². The van der Waals surface area contributed by atoms with Gasteiger partial charge in [0.25, 0.3) is 5.91 Å². The summed E-state index contributed by atoms with van der Waals surface area (Å²) >= 11 is 5.81. The van der Waals surface area contributed by atoms with Gasteiger partial charge in [-0.15, -0.1) is 0 Å². The van der Waals surface area contributed by atoms with Gasteiger partial charge >= 0.3 is 0 Å². The van der Waals surface area contributed by atoms with Crippen molar-refractivity contribution in [1.82, 2.24) is 5.43 Å². The predicted octanol–water partition coefficient (Wildman–Crippen LogP) is 4.93. The number of amides is 1. The first-order chi connectivity index (χ1) is 13.1. The average molecular weight is 379 g/mol. The first-order valence-electron chi connectivity index (χ1n) is 8.49. The molecule has 1 amide bonds. The lowest BCUT2D eigenvalue weighted by Crippen LogP contribution is -2.25. The second kappa shape index (κ2) is 9.01. The minimum absolute atomic E-state index is 0.120.